The first-order valence-corrected chi connectivity index (χ1v) is 15.8. The Kier molecular flexibility index (Phi) is 7.45. The van der Waals surface area contributed by atoms with E-state index in [1.165, 1.54) is 11.1 Å². The fraction of sp³-hybridized carbons (Fsp3) is 0.552. The van der Waals surface area contributed by atoms with Crippen LogP contribution in [0.3, 0.4) is 0 Å². The van der Waals surface area contributed by atoms with Crippen LogP contribution in [0.5, 0.6) is 0 Å². The minimum atomic E-state index is -2.88. The quantitative estimate of drug-likeness (QED) is 0.314. The molecule has 0 radical (unpaired) electrons. The highest BCUT2D eigenvalue weighted by Gasteiger charge is 2.30. The van der Waals surface area contributed by atoms with Gasteiger partial charge in [0.2, 0.25) is 0 Å². The molecule has 1 saturated heterocycles. The molecule has 0 amide bonds. The van der Waals surface area contributed by atoms with Crippen molar-refractivity contribution in [2.75, 3.05) is 23.4 Å². The Morgan fingerprint density at radius 1 is 1.10 bits per heavy atom. The Balaban J connectivity index is 1.43. The zero-order chi connectivity index (χ0) is 28.1. The number of hydrogen-bond donors (Lipinski definition) is 2. The lowest BCUT2D eigenvalue weighted by Gasteiger charge is -2.38. The Morgan fingerprint density at radius 3 is 2.49 bits per heavy atom. The van der Waals surface area contributed by atoms with Gasteiger partial charge in [0, 0.05) is 42.0 Å². The zero-order valence-corrected chi connectivity index (χ0v) is 24.9. The van der Waals surface area contributed by atoms with Gasteiger partial charge in [-0.2, -0.15) is 5.10 Å². The van der Waals surface area contributed by atoms with Crippen LogP contribution in [0, 0.1) is 13.8 Å². The summed E-state index contributed by atoms with van der Waals surface area (Å²) in [6.07, 6.45) is 5.07. The first-order valence-electron chi connectivity index (χ1n) is 14.0. The van der Waals surface area contributed by atoms with Crippen LogP contribution in [0.2, 0.25) is 0 Å². The third kappa shape index (κ3) is 5.41. The average Bonchev–Trinajstić information content (AvgIpc) is 3.49. The number of fused-ring (bicyclic) bond motifs is 2. The monoisotopic (exact) mass is 551 g/mol. The van der Waals surface area contributed by atoms with Crippen molar-refractivity contribution in [3.63, 3.8) is 0 Å². The van der Waals surface area contributed by atoms with Gasteiger partial charge in [0.15, 0.2) is 5.65 Å². The van der Waals surface area contributed by atoms with Crippen LogP contribution in [-0.2, 0) is 9.84 Å². The first-order chi connectivity index (χ1) is 18.4. The summed E-state index contributed by atoms with van der Waals surface area (Å²) in [6, 6.07) is 4.92. The third-order valence-electron chi connectivity index (χ3n) is 8.19. The number of aromatic amines is 1. The number of H-pyrrole nitrogens is 1. The van der Waals surface area contributed by atoms with Crippen molar-refractivity contribution in [1.29, 1.82) is 0 Å². The fourth-order valence-electron chi connectivity index (χ4n) is 6.00. The van der Waals surface area contributed by atoms with Crippen molar-refractivity contribution < 1.29 is 8.42 Å². The minimum Gasteiger partial charge on any atom is -0.366 e. The Bertz CT molecular complexity index is 1590. The van der Waals surface area contributed by atoms with E-state index in [1.54, 1.807) is 6.33 Å². The predicted molar refractivity (Wildman–Crippen MR) is 158 cm³/mol. The molecule has 2 N–H and O–H groups in total. The molecule has 4 aromatic rings. The molecule has 39 heavy (non-hydrogen) atoms. The van der Waals surface area contributed by atoms with E-state index < -0.39 is 9.84 Å². The maximum Gasteiger partial charge on any atom is 0.158 e. The SMILES string of the molecule is Cc1c(-c2[nH]c3ccc(N[C@H](C)CN(C(C)C)C4CCS(=O)(=O)CC4)nc3c2C(C)C)cn2ncnc2c1C. The predicted octanol–water partition coefficient (Wildman–Crippen LogP) is 5.10. The van der Waals surface area contributed by atoms with Crippen LogP contribution in [0.15, 0.2) is 24.7 Å². The molecule has 10 heteroatoms. The van der Waals surface area contributed by atoms with E-state index >= 15 is 0 Å². The Labute approximate surface area is 231 Å². The fourth-order valence-corrected chi connectivity index (χ4v) is 7.47. The summed E-state index contributed by atoms with van der Waals surface area (Å²) < 4.78 is 25.8. The molecule has 0 aliphatic carbocycles. The van der Waals surface area contributed by atoms with E-state index in [9.17, 15) is 8.42 Å². The molecule has 1 fully saturated rings. The van der Waals surface area contributed by atoms with Crippen LogP contribution >= 0.6 is 0 Å². The summed E-state index contributed by atoms with van der Waals surface area (Å²) >= 11 is 0. The van der Waals surface area contributed by atoms with Crippen molar-refractivity contribution in [3.8, 4) is 11.3 Å². The number of anilines is 1. The standard InChI is InChI=1S/C29H41N7O2S/c1-17(2)26-27(23-15-36-29(30-16-31-36)21(7)20(23)6)33-24-8-9-25(34-28(24)26)32-19(5)14-35(18(3)4)22-10-12-39(37,38)13-11-22/h8-9,15-19,22,33H,10-14H2,1-7H3,(H,32,34)/t19-/m1/s1. The number of aromatic nitrogens is 5. The molecule has 0 bridgehead atoms. The molecule has 0 aromatic carbocycles. The molecule has 4 aromatic heterocycles. The van der Waals surface area contributed by atoms with Gasteiger partial charge in [-0.15, -0.1) is 0 Å². The lowest BCUT2D eigenvalue weighted by molar-refractivity contribution is 0.138. The van der Waals surface area contributed by atoms with E-state index in [1.807, 2.05) is 10.6 Å². The summed E-state index contributed by atoms with van der Waals surface area (Å²) in [4.78, 5) is 15.6. The van der Waals surface area contributed by atoms with Crippen LogP contribution in [0.4, 0.5) is 5.82 Å². The van der Waals surface area contributed by atoms with Gasteiger partial charge in [0.25, 0.3) is 0 Å². The van der Waals surface area contributed by atoms with E-state index in [0.717, 1.165) is 45.9 Å². The summed E-state index contributed by atoms with van der Waals surface area (Å²) in [5.41, 5.74) is 8.54. The number of pyridine rings is 2. The molecule has 1 aliphatic heterocycles. The van der Waals surface area contributed by atoms with E-state index in [0.29, 0.717) is 24.9 Å². The summed E-state index contributed by atoms with van der Waals surface area (Å²) in [7, 11) is -2.88. The first kappa shape index (κ1) is 27.6. The number of hydrogen-bond acceptors (Lipinski definition) is 7. The van der Waals surface area contributed by atoms with Crippen LogP contribution < -0.4 is 5.32 Å². The van der Waals surface area contributed by atoms with Crippen LogP contribution in [0.1, 0.15) is 70.1 Å². The summed E-state index contributed by atoms with van der Waals surface area (Å²) in [5.74, 6) is 1.69. The lowest BCUT2D eigenvalue weighted by atomic mass is 9.95. The molecule has 0 unspecified atom stereocenters. The van der Waals surface area contributed by atoms with Gasteiger partial charge in [-0.1, -0.05) is 13.8 Å². The summed E-state index contributed by atoms with van der Waals surface area (Å²) in [5, 5.41) is 8.01. The molecule has 0 saturated carbocycles. The van der Waals surface area contributed by atoms with Crippen molar-refractivity contribution >= 4 is 32.3 Å². The van der Waals surface area contributed by atoms with Gasteiger partial charge in [-0.3, -0.25) is 4.90 Å². The molecule has 5 heterocycles. The van der Waals surface area contributed by atoms with Crippen molar-refractivity contribution in [1.82, 2.24) is 29.5 Å². The van der Waals surface area contributed by atoms with Gasteiger partial charge < -0.3 is 10.3 Å². The molecule has 1 atom stereocenters. The highest BCUT2D eigenvalue weighted by molar-refractivity contribution is 7.91. The molecular weight excluding hydrogens is 510 g/mol. The number of rotatable bonds is 8. The lowest BCUT2D eigenvalue weighted by Crippen LogP contribution is -2.48. The molecule has 0 spiro atoms. The maximum atomic E-state index is 12.0. The Hall–Kier alpha value is -2.98. The molecule has 5 rings (SSSR count). The van der Waals surface area contributed by atoms with Gasteiger partial charge in [0.1, 0.15) is 22.0 Å². The summed E-state index contributed by atoms with van der Waals surface area (Å²) in [6.45, 7) is 16.0. The normalized spacial score (nSPS) is 17.2. The zero-order valence-electron chi connectivity index (χ0n) is 24.1. The second kappa shape index (κ2) is 10.5. The van der Waals surface area contributed by atoms with Crippen molar-refractivity contribution in [2.45, 2.75) is 85.4 Å². The van der Waals surface area contributed by atoms with Gasteiger partial charge in [-0.05, 0) is 76.6 Å². The largest absolute Gasteiger partial charge is 0.366 e. The van der Waals surface area contributed by atoms with Crippen LogP contribution in [0.25, 0.3) is 27.9 Å². The van der Waals surface area contributed by atoms with Crippen LogP contribution in [-0.4, -0.2) is 74.1 Å². The number of sulfone groups is 1. The smallest absolute Gasteiger partial charge is 0.158 e. The second-order valence-corrected chi connectivity index (χ2v) is 14.0. The van der Waals surface area contributed by atoms with Gasteiger partial charge >= 0.3 is 0 Å². The molecule has 210 valence electrons. The third-order valence-corrected chi connectivity index (χ3v) is 9.90. The topological polar surface area (TPSA) is 108 Å². The van der Waals surface area contributed by atoms with Crippen molar-refractivity contribution in [2.24, 2.45) is 0 Å². The molecular formula is C29H41N7O2S. The van der Waals surface area contributed by atoms with Crippen molar-refractivity contribution in [3.05, 3.63) is 41.3 Å². The second-order valence-electron chi connectivity index (χ2n) is 11.7. The average molecular weight is 552 g/mol. The molecule has 9 nitrogen and oxygen atoms in total. The minimum absolute atomic E-state index is 0.149. The molecule has 1 aliphatic rings. The van der Waals surface area contributed by atoms with Gasteiger partial charge in [0.05, 0.1) is 28.2 Å². The van der Waals surface area contributed by atoms with E-state index in [-0.39, 0.29) is 23.5 Å². The van der Waals surface area contributed by atoms with E-state index in [2.05, 4.69) is 86.0 Å². The highest BCUT2D eigenvalue weighted by Crippen LogP contribution is 2.37. The van der Waals surface area contributed by atoms with E-state index in [4.69, 9.17) is 4.98 Å². The highest BCUT2D eigenvalue weighted by atomic mass is 32.2. The van der Waals surface area contributed by atoms with Gasteiger partial charge in [-0.25, -0.2) is 22.9 Å². The maximum absolute atomic E-state index is 12.0. The Morgan fingerprint density at radius 2 is 1.82 bits per heavy atom. The number of nitrogens with one attached hydrogen (secondary N) is 2. The number of nitrogens with zero attached hydrogens (tertiary/aromatic N) is 5. The number of aryl methyl sites for hydroxylation is 1.